The molecule has 0 amide bonds. The molecule has 0 atom stereocenters. The number of nitrogen functional groups attached to an aromatic ring is 1. The summed E-state index contributed by atoms with van der Waals surface area (Å²) in [6.45, 7) is 7.00. The zero-order valence-electron chi connectivity index (χ0n) is 13.3. The standard InChI is InChI=1S/C16H21BN3O2/c1-15(2,21)16(3,4)22-17-13-6-5-11(10-8-20-9-10)12(7-18)14(13)19/h5-9,18,21H,19H2,1-4H3. The van der Waals surface area contributed by atoms with Crippen LogP contribution in [-0.2, 0) is 4.65 Å². The Morgan fingerprint density at radius 2 is 1.95 bits per heavy atom. The van der Waals surface area contributed by atoms with Crippen molar-refractivity contribution in [2.24, 2.45) is 4.99 Å². The predicted octanol–water partition coefficient (Wildman–Crippen LogP) is 1.50. The lowest BCUT2D eigenvalue weighted by atomic mass is 9.79. The summed E-state index contributed by atoms with van der Waals surface area (Å²) in [6.07, 6.45) is 4.70. The lowest BCUT2D eigenvalue weighted by molar-refractivity contribution is -0.0893. The number of aliphatic imine (C=N–C) groups is 1. The Kier molecular flexibility index (Phi) is 4.27. The van der Waals surface area contributed by atoms with Crippen LogP contribution in [0.1, 0.15) is 38.8 Å². The minimum Gasteiger partial charge on any atom is -0.427 e. The maximum Gasteiger partial charge on any atom is 0.333 e. The molecule has 22 heavy (non-hydrogen) atoms. The van der Waals surface area contributed by atoms with Crippen LogP contribution in [0.3, 0.4) is 0 Å². The Morgan fingerprint density at radius 3 is 2.41 bits per heavy atom. The number of nitrogens with two attached hydrogens (primary N) is 1. The molecule has 0 bridgehead atoms. The fraction of sp³-hybridized carbons (Fsp3) is 0.375. The van der Waals surface area contributed by atoms with Gasteiger partial charge in [-0.3, -0.25) is 4.99 Å². The van der Waals surface area contributed by atoms with E-state index in [0.29, 0.717) is 16.7 Å². The maximum absolute atomic E-state index is 10.1. The smallest absolute Gasteiger partial charge is 0.333 e. The highest BCUT2D eigenvalue weighted by Crippen LogP contribution is 2.26. The summed E-state index contributed by atoms with van der Waals surface area (Å²) in [5.41, 5.74) is 7.99. The number of benzene rings is 1. The van der Waals surface area contributed by atoms with Crippen LogP contribution >= 0.6 is 0 Å². The van der Waals surface area contributed by atoms with Gasteiger partial charge in [-0.15, -0.1) is 0 Å². The summed E-state index contributed by atoms with van der Waals surface area (Å²) in [5, 5.41) is 17.7. The van der Waals surface area contributed by atoms with E-state index >= 15 is 0 Å². The number of hydrogen-bond acceptors (Lipinski definition) is 5. The number of rotatable bonds is 6. The Labute approximate surface area is 131 Å². The molecule has 2 rings (SSSR count). The lowest BCUT2D eigenvalue weighted by Gasteiger charge is -2.37. The van der Waals surface area contributed by atoms with Crippen LogP contribution in [0.25, 0.3) is 5.57 Å². The molecule has 0 saturated carbocycles. The number of nitrogens with one attached hydrogen (secondary N) is 1. The first-order valence-corrected chi connectivity index (χ1v) is 7.07. The third-order valence-corrected chi connectivity index (χ3v) is 4.16. The predicted molar refractivity (Wildman–Crippen MR) is 92.1 cm³/mol. The third-order valence-electron chi connectivity index (χ3n) is 4.16. The second kappa shape index (κ2) is 5.70. The molecule has 0 fully saturated rings. The molecule has 0 saturated heterocycles. The van der Waals surface area contributed by atoms with Gasteiger partial charge in [0.25, 0.3) is 0 Å². The first-order valence-electron chi connectivity index (χ1n) is 7.07. The minimum absolute atomic E-state index is 0.472. The molecule has 0 unspecified atom stereocenters. The van der Waals surface area contributed by atoms with E-state index in [-0.39, 0.29) is 0 Å². The summed E-state index contributed by atoms with van der Waals surface area (Å²) >= 11 is 0. The molecule has 6 heteroatoms. The van der Waals surface area contributed by atoms with E-state index in [0.717, 1.165) is 11.1 Å². The summed E-state index contributed by atoms with van der Waals surface area (Å²) in [7, 11) is 1.54. The monoisotopic (exact) mass is 298 g/mol. The van der Waals surface area contributed by atoms with Gasteiger partial charge in [0, 0.05) is 35.5 Å². The Morgan fingerprint density at radius 1 is 1.32 bits per heavy atom. The molecule has 4 N–H and O–H groups in total. The minimum atomic E-state index is -1.00. The zero-order valence-corrected chi connectivity index (χ0v) is 13.3. The Bertz CT molecular complexity index is 658. The van der Waals surface area contributed by atoms with Crippen molar-refractivity contribution in [3.63, 3.8) is 0 Å². The van der Waals surface area contributed by atoms with E-state index in [2.05, 4.69) is 4.99 Å². The average molecular weight is 298 g/mol. The fourth-order valence-electron chi connectivity index (χ4n) is 1.81. The van der Waals surface area contributed by atoms with E-state index < -0.39 is 11.2 Å². The van der Waals surface area contributed by atoms with Crippen LogP contribution < -0.4 is 11.2 Å². The van der Waals surface area contributed by atoms with Crippen molar-refractivity contribution in [2.75, 3.05) is 5.73 Å². The molecule has 0 aromatic heterocycles. The fourth-order valence-corrected chi connectivity index (χ4v) is 1.81. The van der Waals surface area contributed by atoms with Gasteiger partial charge in [-0.05, 0) is 38.7 Å². The molecule has 1 aliphatic rings. The van der Waals surface area contributed by atoms with Crippen LogP contribution in [-0.4, -0.2) is 36.2 Å². The van der Waals surface area contributed by atoms with Crippen molar-refractivity contribution in [3.8, 4) is 0 Å². The van der Waals surface area contributed by atoms with Crippen molar-refractivity contribution >= 4 is 36.6 Å². The lowest BCUT2D eigenvalue weighted by Crippen LogP contribution is -2.49. The van der Waals surface area contributed by atoms with Crippen LogP contribution in [0.2, 0.25) is 0 Å². The Hall–Kier alpha value is -1.92. The number of anilines is 1. The first-order chi connectivity index (χ1) is 10.2. The van der Waals surface area contributed by atoms with Gasteiger partial charge in [0.1, 0.15) is 0 Å². The normalized spacial score (nSPS) is 14.3. The number of allylic oxidation sites excluding steroid dienone is 1. The summed E-state index contributed by atoms with van der Waals surface area (Å²) < 4.78 is 5.73. The molecule has 1 aromatic rings. The maximum atomic E-state index is 10.1. The summed E-state index contributed by atoms with van der Waals surface area (Å²) in [6, 6.07) is 3.73. The van der Waals surface area contributed by atoms with Gasteiger partial charge in [-0.1, -0.05) is 12.1 Å². The van der Waals surface area contributed by atoms with Crippen molar-refractivity contribution in [2.45, 2.75) is 38.9 Å². The highest BCUT2D eigenvalue weighted by Gasteiger charge is 2.36. The number of nitrogens with zero attached hydrogens (tertiary/aromatic N) is 1. The summed E-state index contributed by atoms with van der Waals surface area (Å²) in [4.78, 5) is 3.93. The zero-order chi connectivity index (χ0) is 16.5. The molecule has 1 radical (unpaired) electrons. The summed E-state index contributed by atoms with van der Waals surface area (Å²) in [5.74, 6) is 0. The van der Waals surface area contributed by atoms with Gasteiger partial charge >= 0.3 is 7.48 Å². The molecular formula is C16H21BN3O2. The topological polar surface area (TPSA) is 91.7 Å². The number of hydrogen-bond donors (Lipinski definition) is 3. The molecule has 0 aliphatic carbocycles. The molecule has 1 aliphatic heterocycles. The SMILES string of the molecule is CC(C)(O)C(C)(C)O[B]c1ccc(C2=CN=C2)c(C=N)c1N. The van der Waals surface area contributed by atoms with Crippen molar-refractivity contribution in [1.82, 2.24) is 0 Å². The van der Waals surface area contributed by atoms with Crippen LogP contribution in [0, 0.1) is 5.41 Å². The molecule has 5 nitrogen and oxygen atoms in total. The van der Waals surface area contributed by atoms with Crippen molar-refractivity contribution in [1.29, 1.82) is 5.41 Å². The first kappa shape index (κ1) is 16.5. The third kappa shape index (κ3) is 2.98. The molecular weight excluding hydrogens is 277 g/mol. The van der Waals surface area contributed by atoms with Crippen molar-refractivity contribution in [3.05, 3.63) is 29.5 Å². The van der Waals surface area contributed by atoms with Gasteiger partial charge in [-0.2, -0.15) is 0 Å². The van der Waals surface area contributed by atoms with Crippen LogP contribution in [0.5, 0.6) is 0 Å². The van der Waals surface area contributed by atoms with Gasteiger partial charge in [-0.25, -0.2) is 0 Å². The van der Waals surface area contributed by atoms with Crippen LogP contribution in [0.15, 0.2) is 23.3 Å². The van der Waals surface area contributed by atoms with E-state index in [1.165, 1.54) is 13.7 Å². The molecule has 1 heterocycles. The largest absolute Gasteiger partial charge is 0.427 e. The van der Waals surface area contributed by atoms with Gasteiger partial charge in [0.15, 0.2) is 0 Å². The van der Waals surface area contributed by atoms with E-state index in [1.807, 2.05) is 12.1 Å². The second-order valence-electron chi connectivity index (χ2n) is 6.34. The highest BCUT2D eigenvalue weighted by atomic mass is 16.5. The van der Waals surface area contributed by atoms with Gasteiger partial charge < -0.3 is 20.9 Å². The number of aliphatic hydroxyl groups is 1. The van der Waals surface area contributed by atoms with E-state index in [4.69, 9.17) is 15.8 Å². The van der Waals surface area contributed by atoms with E-state index in [1.54, 1.807) is 40.1 Å². The van der Waals surface area contributed by atoms with Gasteiger partial charge in [0.05, 0.1) is 11.2 Å². The van der Waals surface area contributed by atoms with E-state index in [9.17, 15) is 5.11 Å². The molecule has 0 spiro atoms. The quantitative estimate of drug-likeness (QED) is 0.422. The molecule has 115 valence electrons. The average Bonchev–Trinajstić information content (AvgIpc) is 2.34. The second-order valence-corrected chi connectivity index (χ2v) is 6.34. The Balaban J connectivity index is 2.25. The molecule has 1 aromatic carbocycles. The van der Waals surface area contributed by atoms with Crippen molar-refractivity contribution < 1.29 is 9.76 Å². The van der Waals surface area contributed by atoms with Crippen LogP contribution in [0.4, 0.5) is 5.69 Å². The van der Waals surface area contributed by atoms with Gasteiger partial charge in [0.2, 0.25) is 0 Å². The highest BCUT2D eigenvalue weighted by molar-refractivity contribution is 6.50.